The molecular formula is C136H96BN5O2. The minimum Gasteiger partial charge on any atom is -0.456 e. The molecular weight excluding hydrogens is 1750 g/mol. The molecule has 0 atom stereocenters. The second kappa shape index (κ2) is 31.4. The minimum absolute atomic E-state index is 0.410. The van der Waals surface area contributed by atoms with Crippen molar-refractivity contribution in [2.24, 2.45) is 0 Å². The molecule has 0 saturated heterocycles. The van der Waals surface area contributed by atoms with Crippen LogP contribution in [0, 0.1) is 0 Å². The van der Waals surface area contributed by atoms with Crippen LogP contribution in [0.5, 0.6) is 0 Å². The van der Waals surface area contributed by atoms with Crippen LogP contribution in [0.2, 0.25) is 0 Å². The van der Waals surface area contributed by atoms with Crippen LogP contribution in [-0.2, 0) is 21.7 Å². The van der Waals surface area contributed by atoms with Gasteiger partial charge in [-0.1, -0.05) is 406 Å². The van der Waals surface area contributed by atoms with E-state index in [0.717, 1.165) is 195 Å². The molecule has 0 spiro atoms. The van der Waals surface area contributed by atoms with E-state index in [4.69, 9.17) is 8.83 Å². The third-order valence-corrected chi connectivity index (χ3v) is 31.8. The number of nitrogens with zero attached hydrogens (tertiary/aromatic N) is 5. The standard InChI is InChI=1S/C136H96BN5O2/c1-133(2,3)110-81-103(85-43-13-7-14-44-85)129(126-101-60-30-41-71-124(101)143-131(110)126)141-120-80-93(138-118-69-39-33-63-107(118)136(91-51-21-11-22-52-91,92-53-23-12-24-54-92)108-64-34-40-70-119(108)138)73-74-112(120)137-113-84-109-105(96-55-25-32-62-106(96)135(109,89-47-17-9-18-48-89)90-49-19-10-20-50-90)83-121(113)142(130-104(86-45-15-8-16-46-86)82-111(134(4,5)6)132-127(130)102-61-31-42-72-125(102)144-132)123-78-88(77-122(141)128(123)137)87-75-94(139-114-65-35-26-56-97(114)98-57-27-36-66-115(98)139)79-95(76-87)140-116-67-37-28-58-99(116)100-59-29-38-68-117(100)140/h7-84H,1-6H3. The summed E-state index contributed by atoms with van der Waals surface area (Å²) in [6.07, 6.45) is 0. The van der Waals surface area contributed by atoms with E-state index in [-0.39, 0.29) is 0 Å². The van der Waals surface area contributed by atoms with E-state index in [9.17, 15) is 0 Å². The largest absolute Gasteiger partial charge is 0.456 e. The highest BCUT2D eigenvalue weighted by Crippen LogP contribution is 2.64. The predicted molar refractivity (Wildman–Crippen MR) is 601 cm³/mol. The van der Waals surface area contributed by atoms with Gasteiger partial charge in [0.25, 0.3) is 6.71 Å². The van der Waals surface area contributed by atoms with Crippen LogP contribution >= 0.6 is 0 Å². The maximum absolute atomic E-state index is 7.77. The fourth-order valence-electron chi connectivity index (χ4n) is 25.8. The zero-order valence-electron chi connectivity index (χ0n) is 80.7. The van der Waals surface area contributed by atoms with Gasteiger partial charge >= 0.3 is 0 Å². The molecule has 4 aromatic heterocycles. The topological polar surface area (TPSA) is 45.9 Å². The summed E-state index contributed by atoms with van der Waals surface area (Å²) in [4.78, 5) is 8.11. The Bertz CT molecular complexity index is 9270. The van der Waals surface area contributed by atoms with Crippen molar-refractivity contribution < 1.29 is 8.83 Å². The third kappa shape index (κ3) is 11.9. The monoisotopic (exact) mass is 1840 g/mol. The number of aromatic nitrogens is 2. The summed E-state index contributed by atoms with van der Waals surface area (Å²) in [6.45, 7) is 13.6. The van der Waals surface area contributed by atoms with Crippen LogP contribution in [0.15, 0.2) is 482 Å². The first-order valence-corrected chi connectivity index (χ1v) is 50.4. The predicted octanol–water partition coefficient (Wildman–Crippen LogP) is 33.9. The Balaban J connectivity index is 0.837. The van der Waals surface area contributed by atoms with Crippen molar-refractivity contribution >= 4 is 162 Å². The van der Waals surface area contributed by atoms with Crippen molar-refractivity contribution in [2.75, 3.05) is 14.7 Å². The maximum Gasteiger partial charge on any atom is 0.252 e. The summed E-state index contributed by atoms with van der Waals surface area (Å²) in [5.74, 6) is 0. The molecule has 25 aromatic rings. The summed E-state index contributed by atoms with van der Waals surface area (Å²) in [7, 11) is 0. The highest BCUT2D eigenvalue weighted by atomic mass is 16.3. The average molecular weight is 1840 g/mol. The Morgan fingerprint density at radius 3 is 1.01 bits per heavy atom. The summed E-state index contributed by atoms with van der Waals surface area (Å²) < 4.78 is 20.5. The molecule has 3 aliphatic heterocycles. The van der Waals surface area contributed by atoms with Crippen LogP contribution < -0.4 is 31.1 Å². The second-order valence-corrected chi connectivity index (χ2v) is 41.6. The number of para-hydroxylation sites is 8. The molecule has 7 nitrogen and oxygen atoms in total. The van der Waals surface area contributed by atoms with Gasteiger partial charge in [-0.25, -0.2) is 0 Å². The Labute approximate surface area is 836 Å². The molecule has 7 heterocycles. The zero-order valence-corrected chi connectivity index (χ0v) is 80.7. The molecule has 1 aliphatic carbocycles. The first kappa shape index (κ1) is 83.3. The van der Waals surface area contributed by atoms with Crippen molar-refractivity contribution in [2.45, 2.75) is 63.2 Å². The van der Waals surface area contributed by atoms with Crippen LogP contribution in [0.4, 0.5) is 51.2 Å². The summed E-state index contributed by atoms with van der Waals surface area (Å²) >= 11 is 0. The molecule has 0 fully saturated rings. The summed E-state index contributed by atoms with van der Waals surface area (Å²) in [5, 5.41) is 8.82. The van der Waals surface area contributed by atoms with E-state index in [1.54, 1.807) is 0 Å². The molecule has 0 amide bonds. The van der Waals surface area contributed by atoms with Gasteiger partial charge in [-0.15, -0.1) is 0 Å². The van der Waals surface area contributed by atoms with Crippen molar-refractivity contribution in [3.05, 3.63) is 529 Å². The molecule has 144 heavy (non-hydrogen) atoms. The lowest BCUT2D eigenvalue weighted by molar-refractivity contribution is 0.572. The highest BCUT2D eigenvalue weighted by molar-refractivity contribution is 7.00. The molecule has 4 aliphatic rings. The molecule has 29 rings (SSSR count). The molecule has 0 bridgehead atoms. The van der Waals surface area contributed by atoms with E-state index in [0.29, 0.717) is 0 Å². The number of anilines is 9. The van der Waals surface area contributed by atoms with Gasteiger partial charge < -0.3 is 32.7 Å². The van der Waals surface area contributed by atoms with E-state index in [1.165, 1.54) is 71.6 Å². The maximum atomic E-state index is 7.77. The van der Waals surface area contributed by atoms with Crippen LogP contribution in [-0.4, -0.2) is 15.8 Å². The average Bonchev–Trinajstić information content (AvgIpc) is 1.33. The molecule has 0 saturated carbocycles. The molecule has 21 aromatic carbocycles. The van der Waals surface area contributed by atoms with E-state index in [2.05, 4.69) is 539 Å². The second-order valence-electron chi connectivity index (χ2n) is 41.6. The molecule has 680 valence electrons. The Morgan fingerprint density at radius 2 is 0.583 bits per heavy atom. The summed E-state index contributed by atoms with van der Waals surface area (Å²) in [5.41, 5.74) is 40.6. The van der Waals surface area contributed by atoms with Crippen molar-refractivity contribution in [1.29, 1.82) is 0 Å². The molecule has 0 radical (unpaired) electrons. The smallest absolute Gasteiger partial charge is 0.252 e. The lowest BCUT2D eigenvalue weighted by atomic mass is 9.33. The zero-order chi connectivity index (χ0) is 95.7. The van der Waals surface area contributed by atoms with Crippen LogP contribution in [0.25, 0.3) is 143 Å². The molecule has 0 unspecified atom stereocenters. The lowest BCUT2D eigenvalue weighted by Crippen LogP contribution is -2.61. The van der Waals surface area contributed by atoms with Gasteiger partial charge in [-0.3, -0.25) is 0 Å². The first-order valence-electron chi connectivity index (χ1n) is 50.4. The van der Waals surface area contributed by atoms with Gasteiger partial charge in [0.2, 0.25) is 0 Å². The molecule has 8 heteroatoms. The van der Waals surface area contributed by atoms with E-state index < -0.39 is 28.4 Å². The van der Waals surface area contributed by atoms with E-state index in [1.807, 2.05) is 0 Å². The fraction of sp³-hybridized carbons (Fsp3) is 0.0735. The number of furan rings is 2. The normalized spacial score (nSPS) is 13.8. The fourth-order valence-corrected chi connectivity index (χ4v) is 25.8. The van der Waals surface area contributed by atoms with Gasteiger partial charge in [0, 0.05) is 94.4 Å². The van der Waals surface area contributed by atoms with Crippen molar-refractivity contribution in [3.8, 4) is 55.9 Å². The summed E-state index contributed by atoms with van der Waals surface area (Å²) in [6, 6.07) is 180. The van der Waals surface area contributed by atoms with E-state index >= 15 is 0 Å². The number of hydrogen-bond donors (Lipinski definition) is 0. The van der Waals surface area contributed by atoms with Gasteiger partial charge in [-0.05, 0) is 214 Å². The highest BCUT2D eigenvalue weighted by Gasteiger charge is 2.53. The van der Waals surface area contributed by atoms with Crippen LogP contribution in [0.3, 0.4) is 0 Å². The Kier molecular flexibility index (Phi) is 18.2. The number of benzene rings is 21. The van der Waals surface area contributed by atoms with Gasteiger partial charge in [0.1, 0.15) is 22.3 Å². The lowest BCUT2D eigenvalue weighted by Gasteiger charge is -2.48. The SMILES string of the molecule is CC(C)(C)c1cc(-c2ccccc2)c(N2c3cc(N4c5ccccc5C(c5ccccc5)(c5ccccc5)c5ccccc54)ccc3B3c4cc5c(cc4N(c4c(-c6ccccc6)cc(C(C)(C)C)c6oc7ccccc7c46)c4cc(-c6cc(-n7c8ccccc8c8ccccc87)cc(-n7c8ccccc8c8ccccc87)c6)cc2c43)-c2ccccc2C5(c2ccccc2)c2ccccc2)c2c1oc1ccccc12. The van der Waals surface area contributed by atoms with Crippen molar-refractivity contribution in [3.63, 3.8) is 0 Å². The van der Waals surface area contributed by atoms with Crippen LogP contribution in [0.1, 0.15) is 97.2 Å². The number of hydrogen-bond acceptors (Lipinski definition) is 5. The quantitative estimate of drug-likeness (QED) is 0.114. The molecule has 0 N–H and O–H groups in total. The van der Waals surface area contributed by atoms with Gasteiger partial charge in [0.05, 0.1) is 66.4 Å². The first-order chi connectivity index (χ1) is 70.7. The Morgan fingerprint density at radius 1 is 0.229 bits per heavy atom. The van der Waals surface area contributed by atoms with Crippen molar-refractivity contribution in [1.82, 2.24) is 9.13 Å². The number of fused-ring (bicyclic) bond motifs is 21. The number of rotatable bonds is 12. The Hall–Kier alpha value is -17.7. The minimum atomic E-state index is -0.821. The van der Waals surface area contributed by atoms with Gasteiger partial charge in [0.15, 0.2) is 0 Å². The van der Waals surface area contributed by atoms with Gasteiger partial charge in [-0.2, -0.15) is 0 Å². The third-order valence-electron chi connectivity index (χ3n) is 31.8.